The average Bonchev–Trinajstić information content (AvgIpc) is 3.13. The fourth-order valence-corrected chi connectivity index (χ4v) is 5.04. The topological polar surface area (TPSA) is 117 Å². The molecule has 200 valence electrons. The number of methoxy groups -OCH3 is 1. The number of hydrogen-bond acceptors (Lipinski definition) is 7. The number of nitrogens with zero attached hydrogens (tertiary/aromatic N) is 5. The average molecular weight is 530 g/mol. The Morgan fingerprint density at radius 3 is 2.37 bits per heavy atom. The van der Waals surface area contributed by atoms with Gasteiger partial charge in [0.2, 0.25) is 5.88 Å². The van der Waals surface area contributed by atoms with Crippen molar-refractivity contribution in [3.63, 3.8) is 0 Å². The number of hydrogen-bond donors (Lipinski definition) is 0. The number of nitriles is 1. The smallest absolute Gasteiger partial charge is 0.420 e. The maximum absolute atomic E-state index is 14.1. The molecule has 0 radical (unpaired) electrons. The Bertz CT molecular complexity index is 1420. The van der Waals surface area contributed by atoms with Crippen molar-refractivity contribution in [2.75, 3.05) is 7.11 Å². The lowest BCUT2D eigenvalue weighted by Gasteiger charge is -2.29. The van der Waals surface area contributed by atoms with Crippen molar-refractivity contribution in [2.45, 2.75) is 64.7 Å². The van der Waals surface area contributed by atoms with Gasteiger partial charge in [0.25, 0.3) is 17.4 Å². The van der Waals surface area contributed by atoms with Crippen LogP contribution in [0.5, 0.6) is 5.88 Å². The standard InChI is InChI=1S/C26H26F3N5O4/c1-14(2)13-33-22(35)17(12-30)20(26(27,28)29)21(25(33)38-3)32-31-18-11-7-10-16-19(18)24(37)34(23(16)36)15-8-5-4-6-9-15/h7,10-11,14-15H,4-6,8-9,13H2,1-3H3. The quantitative estimate of drug-likeness (QED) is 0.349. The van der Waals surface area contributed by atoms with Crippen LogP contribution < -0.4 is 10.3 Å². The van der Waals surface area contributed by atoms with E-state index in [9.17, 15) is 32.8 Å². The van der Waals surface area contributed by atoms with Gasteiger partial charge in [-0.2, -0.15) is 18.4 Å². The molecular weight excluding hydrogens is 503 g/mol. The maximum Gasteiger partial charge on any atom is 0.420 e. The molecule has 1 aromatic heterocycles. The number of alkyl halides is 3. The minimum atomic E-state index is -5.13. The van der Waals surface area contributed by atoms with Crippen molar-refractivity contribution >= 4 is 23.2 Å². The van der Waals surface area contributed by atoms with E-state index in [1.165, 1.54) is 29.2 Å². The summed E-state index contributed by atoms with van der Waals surface area (Å²) in [5, 5.41) is 17.2. The number of imide groups is 1. The van der Waals surface area contributed by atoms with Crippen molar-refractivity contribution in [2.24, 2.45) is 16.1 Å². The fraction of sp³-hybridized carbons (Fsp3) is 0.462. The van der Waals surface area contributed by atoms with Crippen LogP contribution in [-0.2, 0) is 12.7 Å². The Kier molecular flexibility index (Phi) is 7.40. The molecule has 1 fully saturated rings. The molecule has 2 amide bonds. The van der Waals surface area contributed by atoms with Crippen LogP contribution in [0, 0.1) is 17.2 Å². The lowest BCUT2D eigenvalue weighted by molar-refractivity contribution is -0.137. The zero-order valence-corrected chi connectivity index (χ0v) is 21.1. The largest absolute Gasteiger partial charge is 0.481 e. The van der Waals surface area contributed by atoms with Gasteiger partial charge >= 0.3 is 6.18 Å². The number of carbonyl (C=O) groups is 2. The van der Waals surface area contributed by atoms with Crippen molar-refractivity contribution in [1.82, 2.24) is 9.47 Å². The Morgan fingerprint density at radius 1 is 1.11 bits per heavy atom. The van der Waals surface area contributed by atoms with Gasteiger partial charge in [-0.3, -0.25) is 23.9 Å². The van der Waals surface area contributed by atoms with Gasteiger partial charge in [-0.25, -0.2) is 0 Å². The molecule has 0 bridgehead atoms. The van der Waals surface area contributed by atoms with Gasteiger partial charge in [0.05, 0.1) is 23.9 Å². The molecule has 0 atom stereocenters. The molecular formula is C26H26F3N5O4. The highest BCUT2D eigenvalue weighted by Crippen LogP contribution is 2.44. The first kappa shape index (κ1) is 27.0. The number of rotatable bonds is 6. The molecule has 0 N–H and O–H groups in total. The van der Waals surface area contributed by atoms with Crippen LogP contribution in [0.25, 0.3) is 0 Å². The number of benzene rings is 1. The summed E-state index contributed by atoms with van der Waals surface area (Å²) in [7, 11) is 1.08. The molecule has 1 saturated carbocycles. The number of halogens is 3. The summed E-state index contributed by atoms with van der Waals surface area (Å²) in [5.41, 5.74) is -4.79. The van der Waals surface area contributed by atoms with Crippen LogP contribution in [0.1, 0.15) is 77.8 Å². The van der Waals surface area contributed by atoms with Gasteiger partial charge in [-0.15, -0.1) is 10.2 Å². The van der Waals surface area contributed by atoms with Crippen LogP contribution in [0.4, 0.5) is 24.5 Å². The first-order valence-corrected chi connectivity index (χ1v) is 12.3. The van der Waals surface area contributed by atoms with Crippen LogP contribution in [0.3, 0.4) is 0 Å². The zero-order valence-electron chi connectivity index (χ0n) is 21.1. The molecule has 1 aromatic carbocycles. The van der Waals surface area contributed by atoms with E-state index < -0.39 is 46.2 Å². The van der Waals surface area contributed by atoms with Gasteiger partial charge in [0.1, 0.15) is 17.2 Å². The predicted molar refractivity (Wildman–Crippen MR) is 130 cm³/mol. The van der Waals surface area contributed by atoms with E-state index in [0.717, 1.165) is 30.9 Å². The van der Waals surface area contributed by atoms with Gasteiger partial charge in [-0.05, 0) is 30.9 Å². The number of fused-ring (bicyclic) bond motifs is 1. The number of amides is 2. The van der Waals surface area contributed by atoms with Crippen LogP contribution in [0.15, 0.2) is 33.2 Å². The second-order valence-corrected chi connectivity index (χ2v) is 9.70. The van der Waals surface area contributed by atoms with Crippen molar-refractivity contribution in [3.8, 4) is 11.9 Å². The molecule has 1 aliphatic carbocycles. The highest BCUT2D eigenvalue weighted by molar-refractivity contribution is 6.23. The predicted octanol–water partition coefficient (Wildman–Crippen LogP) is 5.75. The summed E-state index contributed by atoms with van der Waals surface area (Å²) < 4.78 is 48.5. The Morgan fingerprint density at radius 2 is 1.79 bits per heavy atom. The van der Waals surface area contributed by atoms with Crippen molar-refractivity contribution in [3.05, 3.63) is 50.8 Å². The van der Waals surface area contributed by atoms with E-state index in [0.29, 0.717) is 12.8 Å². The number of ether oxygens (including phenoxy) is 1. The third-order valence-electron chi connectivity index (χ3n) is 6.65. The van der Waals surface area contributed by atoms with Gasteiger partial charge in [-0.1, -0.05) is 39.2 Å². The normalized spacial score (nSPS) is 16.4. The second-order valence-electron chi connectivity index (χ2n) is 9.70. The molecule has 4 rings (SSSR count). The van der Waals surface area contributed by atoms with E-state index >= 15 is 0 Å². The van der Waals surface area contributed by atoms with Gasteiger partial charge in [0, 0.05) is 12.6 Å². The Balaban J connectivity index is 1.88. The second kappa shape index (κ2) is 10.4. The molecule has 38 heavy (non-hydrogen) atoms. The third-order valence-corrected chi connectivity index (χ3v) is 6.65. The summed E-state index contributed by atoms with van der Waals surface area (Å²) >= 11 is 0. The summed E-state index contributed by atoms with van der Waals surface area (Å²) in [6.45, 7) is 3.44. The lowest BCUT2D eigenvalue weighted by atomic mass is 9.94. The first-order chi connectivity index (χ1) is 18.0. The van der Waals surface area contributed by atoms with E-state index in [1.807, 2.05) is 0 Å². The number of carbonyl (C=O) groups excluding carboxylic acids is 2. The SMILES string of the molecule is COc1c(N=Nc2cccc3c2C(=O)N(C2CCCCC2)C3=O)c(C(F)(F)F)c(C#N)c(=O)n1CC(C)C. The number of aromatic nitrogens is 1. The summed E-state index contributed by atoms with van der Waals surface area (Å²) in [4.78, 5) is 40.4. The van der Waals surface area contributed by atoms with E-state index in [4.69, 9.17) is 4.74 Å². The fourth-order valence-electron chi connectivity index (χ4n) is 5.04. The number of pyridine rings is 1. The summed E-state index contributed by atoms with van der Waals surface area (Å²) in [6.07, 6.45) is -0.974. The molecule has 9 nitrogen and oxygen atoms in total. The van der Waals surface area contributed by atoms with Crippen LogP contribution in [0.2, 0.25) is 0 Å². The molecule has 0 spiro atoms. The third kappa shape index (κ3) is 4.68. The molecule has 0 unspecified atom stereocenters. The molecule has 0 saturated heterocycles. The summed E-state index contributed by atoms with van der Waals surface area (Å²) in [6, 6.07) is 5.40. The highest BCUT2D eigenvalue weighted by atomic mass is 19.4. The Labute approximate surface area is 216 Å². The molecule has 12 heteroatoms. The minimum Gasteiger partial charge on any atom is -0.481 e. The molecule has 1 aliphatic heterocycles. The van der Waals surface area contributed by atoms with Crippen molar-refractivity contribution in [1.29, 1.82) is 5.26 Å². The van der Waals surface area contributed by atoms with E-state index in [2.05, 4.69) is 10.2 Å². The minimum absolute atomic E-state index is 0.0403. The Hall–Kier alpha value is -4.01. The number of azo groups is 1. The van der Waals surface area contributed by atoms with Crippen LogP contribution >= 0.6 is 0 Å². The van der Waals surface area contributed by atoms with Crippen molar-refractivity contribution < 1.29 is 27.5 Å². The van der Waals surface area contributed by atoms with E-state index in [1.54, 1.807) is 13.8 Å². The molecule has 2 heterocycles. The lowest BCUT2D eigenvalue weighted by Crippen LogP contribution is -2.40. The monoisotopic (exact) mass is 529 g/mol. The van der Waals surface area contributed by atoms with E-state index in [-0.39, 0.29) is 35.3 Å². The molecule has 2 aromatic rings. The zero-order chi connectivity index (χ0) is 27.8. The van der Waals surface area contributed by atoms with Crippen LogP contribution in [-0.4, -0.2) is 34.4 Å². The first-order valence-electron chi connectivity index (χ1n) is 12.3. The van der Waals surface area contributed by atoms with Gasteiger partial charge in [0.15, 0.2) is 5.69 Å². The highest BCUT2D eigenvalue weighted by Gasteiger charge is 2.43. The summed E-state index contributed by atoms with van der Waals surface area (Å²) in [5.74, 6) is -1.74. The molecule has 2 aliphatic rings. The maximum atomic E-state index is 14.1. The van der Waals surface area contributed by atoms with Gasteiger partial charge < -0.3 is 4.74 Å².